The number of hydrogen-bond donors (Lipinski definition) is 1. The normalized spacial score (nSPS) is 10.8. The number of aromatic carboxylic acids is 1. The highest BCUT2D eigenvalue weighted by molar-refractivity contribution is 7.22. The number of thiazole rings is 1. The molecule has 0 saturated carbocycles. The van der Waals surface area contributed by atoms with Crippen molar-refractivity contribution in [2.45, 2.75) is 13.3 Å². The van der Waals surface area contributed by atoms with E-state index in [1.807, 2.05) is 6.92 Å². The summed E-state index contributed by atoms with van der Waals surface area (Å²) in [4.78, 5) is 15.0. The highest BCUT2D eigenvalue weighted by atomic mass is 35.5. The SMILES string of the molecule is CCc1cc(C(=O)O)cc2sc(Cl)nc12. The van der Waals surface area contributed by atoms with Gasteiger partial charge >= 0.3 is 5.97 Å². The molecule has 5 heteroatoms. The van der Waals surface area contributed by atoms with Crippen LogP contribution < -0.4 is 0 Å². The molecular formula is C10H8ClNO2S. The first-order chi connectivity index (χ1) is 7.11. The molecule has 0 aliphatic heterocycles. The maximum absolute atomic E-state index is 10.9. The number of carboxylic acids is 1. The molecule has 0 amide bonds. The topological polar surface area (TPSA) is 50.2 Å². The van der Waals surface area contributed by atoms with Gasteiger partial charge in [0.2, 0.25) is 0 Å². The molecule has 0 aliphatic rings. The molecule has 1 aromatic carbocycles. The number of nitrogens with zero attached hydrogens (tertiary/aromatic N) is 1. The summed E-state index contributed by atoms with van der Waals surface area (Å²) in [6.07, 6.45) is 0.748. The number of aryl methyl sites for hydroxylation is 1. The van der Waals surface area contributed by atoms with Gasteiger partial charge in [0.1, 0.15) is 0 Å². The Labute approximate surface area is 95.3 Å². The van der Waals surface area contributed by atoms with Crippen molar-refractivity contribution in [3.63, 3.8) is 0 Å². The van der Waals surface area contributed by atoms with Crippen molar-refractivity contribution in [2.75, 3.05) is 0 Å². The van der Waals surface area contributed by atoms with E-state index in [1.54, 1.807) is 12.1 Å². The van der Waals surface area contributed by atoms with E-state index in [0.29, 0.717) is 10.0 Å². The molecule has 3 nitrogen and oxygen atoms in total. The minimum Gasteiger partial charge on any atom is -0.478 e. The Hall–Kier alpha value is -1.13. The summed E-state index contributed by atoms with van der Waals surface area (Å²) in [7, 11) is 0. The Kier molecular flexibility index (Phi) is 2.63. The van der Waals surface area contributed by atoms with Crippen molar-refractivity contribution in [2.24, 2.45) is 0 Å². The molecule has 0 fully saturated rings. The zero-order valence-corrected chi connectivity index (χ0v) is 9.52. The fraction of sp³-hybridized carbons (Fsp3) is 0.200. The molecule has 1 N–H and O–H groups in total. The Balaban J connectivity index is 2.76. The lowest BCUT2D eigenvalue weighted by atomic mass is 10.1. The molecule has 0 saturated heterocycles. The number of carboxylic acid groups (broad SMARTS) is 1. The van der Waals surface area contributed by atoms with Crippen LogP contribution in [0.1, 0.15) is 22.8 Å². The zero-order chi connectivity index (χ0) is 11.0. The smallest absolute Gasteiger partial charge is 0.335 e. The van der Waals surface area contributed by atoms with Crippen LogP contribution in [0.5, 0.6) is 0 Å². The first-order valence-corrected chi connectivity index (χ1v) is 5.63. The lowest BCUT2D eigenvalue weighted by Gasteiger charge is -2.00. The third-order valence-corrected chi connectivity index (χ3v) is 3.28. The van der Waals surface area contributed by atoms with E-state index in [1.165, 1.54) is 11.3 Å². The first-order valence-electron chi connectivity index (χ1n) is 4.44. The average Bonchev–Trinajstić information content (AvgIpc) is 2.56. The van der Waals surface area contributed by atoms with E-state index in [4.69, 9.17) is 16.7 Å². The molecule has 0 bridgehead atoms. The van der Waals surface area contributed by atoms with Crippen LogP contribution in [0.3, 0.4) is 0 Å². The second-order valence-electron chi connectivity index (χ2n) is 3.11. The molecule has 15 heavy (non-hydrogen) atoms. The summed E-state index contributed by atoms with van der Waals surface area (Å²) in [6, 6.07) is 3.26. The Morgan fingerprint density at radius 2 is 2.33 bits per heavy atom. The summed E-state index contributed by atoms with van der Waals surface area (Å²) in [5.41, 5.74) is 2.03. The number of rotatable bonds is 2. The summed E-state index contributed by atoms with van der Waals surface area (Å²) in [6.45, 7) is 1.97. The molecule has 2 rings (SSSR count). The van der Waals surface area contributed by atoms with E-state index in [-0.39, 0.29) is 0 Å². The quantitative estimate of drug-likeness (QED) is 0.878. The number of aromatic nitrogens is 1. The molecule has 1 heterocycles. The maximum Gasteiger partial charge on any atom is 0.335 e. The fourth-order valence-electron chi connectivity index (χ4n) is 1.46. The number of hydrogen-bond acceptors (Lipinski definition) is 3. The first kappa shape index (κ1) is 10.4. The summed E-state index contributed by atoms with van der Waals surface area (Å²) in [5, 5.41) is 8.92. The van der Waals surface area contributed by atoms with Crippen LogP contribution in [0.2, 0.25) is 4.47 Å². The zero-order valence-electron chi connectivity index (χ0n) is 7.95. The van der Waals surface area contributed by atoms with Crippen molar-refractivity contribution < 1.29 is 9.90 Å². The minimum atomic E-state index is -0.920. The molecule has 2 aromatic rings. The Morgan fingerprint density at radius 3 is 2.93 bits per heavy atom. The van der Waals surface area contributed by atoms with Crippen molar-refractivity contribution in [3.8, 4) is 0 Å². The molecular weight excluding hydrogens is 234 g/mol. The van der Waals surface area contributed by atoms with Gasteiger partial charge in [-0.2, -0.15) is 0 Å². The van der Waals surface area contributed by atoms with Crippen LogP contribution in [0.25, 0.3) is 10.2 Å². The summed E-state index contributed by atoms with van der Waals surface area (Å²) in [5.74, 6) is -0.920. The van der Waals surface area contributed by atoms with Crippen molar-refractivity contribution in [3.05, 3.63) is 27.7 Å². The van der Waals surface area contributed by atoms with Crippen LogP contribution >= 0.6 is 22.9 Å². The highest BCUT2D eigenvalue weighted by Crippen LogP contribution is 2.29. The number of benzene rings is 1. The predicted molar refractivity (Wildman–Crippen MR) is 61.0 cm³/mol. The van der Waals surface area contributed by atoms with Crippen molar-refractivity contribution in [1.82, 2.24) is 4.98 Å². The molecule has 0 spiro atoms. The fourth-order valence-corrected chi connectivity index (χ4v) is 2.58. The second kappa shape index (κ2) is 3.79. The van der Waals surface area contributed by atoms with Gasteiger partial charge in [0, 0.05) is 0 Å². The van der Waals surface area contributed by atoms with Gasteiger partial charge in [-0.3, -0.25) is 0 Å². The van der Waals surface area contributed by atoms with Crippen molar-refractivity contribution in [1.29, 1.82) is 0 Å². The van der Waals surface area contributed by atoms with Gasteiger partial charge in [-0.05, 0) is 24.1 Å². The lowest BCUT2D eigenvalue weighted by molar-refractivity contribution is 0.0697. The lowest BCUT2D eigenvalue weighted by Crippen LogP contribution is -1.97. The maximum atomic E-state index is 10.9. The number of fused-ring (bicyclic) bond motifs is 1. The monoisotopic (exact) mass is 241 g/mol. The molecule has 0 unspecified atom stereocenters. The average molecular weight is 242 g/mol. The number of halogens is 1. The summed E-state index contributed by atoms with van der Waals surface area (Å²) < 4.78 is 1.28. The third kappa shape index (κ3) is 1.82. The Morgan fingerprint density at radius 1 is 1.60 bits per heavy atom. The minimum absolute atomic E-state index is 0.291. The van der Waals surface area contributed by atoms with Crippen LogP contribution in [-0.2, 0) is 6.42 Å². The van der Waals surface area contributed by atoms with Gasteiger partial charge in [0.25, 0.3) is 0 Å². The van der Waals surface area contributed by atoms with E-state index in [0.717, 1.165) is 22.2 Å². The second-order valence-corrected chi connectivity index (χ2v) is 4.72. The molecule has 0 aliphatic carbocycles. The standard InChI is InChI=1S/C10H8ClNO2S/c1-2-5-3-6(9(13)14)4-7-8(5)12-10(11)15-7/h3-4H,2H2,1H3,(H,13,14). The van der Waals surface area contributed by atoms with Gasteiger partial charge in [0.15, 0.2) is 4.47 Å². The molecule has 1 aromatic heterocycles. The highest BCUT2D eigenvalue weighted by Gasteiger charge is 2.11. The van der Waals surface area contributed by atoms with Crippen LogP contribution in [0, 0.1) is 0 Å². The van der Waals surface area contributed by atoms with Gasteiger partial charge in [-0.15, -0.1) is 11.3 Å². The predicted octanol–water partition coefficient (Wildman–Crippen LogP) is 3.21. The van der Waals surface area contributed by atoms with Crippen molar-refractivity contribution >= 4 is 39.1 Å². The van der Waals surface area contributed by atoms with Crippen LogP contribution in [-0.4, -0.2) is 16.1 Å². The van der Waals surface area contributed by atoms with Gasteiger partial charge < -0.3 is 5.11 Å². The van der Waals surface area contributed by atoms with E-state index < -0.39 is 5.97 Å². The molecule has 78 valence electrons. The third-order valence-electron chi connectivity index (χ3n) is 2.18. The number of carbonyl (C=O) groups is 1. The molecule has 0 radical (unpaired) electrons. The largest absolute Gasteiger partial charge is 0.478 e. The van der Waals surface area contributed by atoms with Gasteiger partial charge in [-0.25, -0.2) is 9.78 Å². The van der Waals surface area contributed by atoms with E-state index in [9.17, 15) is 4.79 Å². The van der Waals surface area contributed by atoms with Crippen LogP contribution in [0.15, 0.2) is 12.1 Å². The van der Waals surface area contributed by atoms with E-state index >= 15 is 0 Å². The van der Waals surface area contributed by atoms with Gasteiger partial charge in [0.05, 0.1) is 15.8 Å². The van der Waals surface area contributed by atoms with Gasteiger partial charge in [-0.1, -0.05) is 18.5 Å². The van der Waals surface area contributed by atoms with E-state index in [2.05, 4.69) is 4.98 Å². The summed E-state index contributed by atoms with van der Waals surface area (Å²) >= 11 is 7.11. The molecule has 0 atom stereocenters. The van der Waals surface area contributed by atoms with Crippen LogP contribution in [0.4, 0.5) is 0 Å². The Bertz CT molecular complexity index is 535.